The second kappa shape index (κ2) is 9.46. The van der Waals surface area contributed by atoms with E-state index >= 15 is 0 Å². The number of nitrogens with zero attached hydrogens (tertiary/aromatic N) is 1. The summed E-state index contributed by atoms with van der Waals surface area (Å²) < 4.78 is 18.0. The molecule has 0 unspecified atom stereocenters. The molecule has 1 N–H and O–H groups in total. The molecule has 6 heteroatoms. The number of carbonyl (C=O) groups is 2. The van der Waals surface area contributed by atoms with Crippen LogP contribution in [0.2, 0.25) is 0 Å². The number of amides is 1. The van der Waals surface area contributed by atoms with Crippen LogP contribution in [0.15, 0.2) is 48.5 Å². The zero-order valence-corrected chi connectivity index (χ0v) is 16.0. The molecule has 0 bridgehead atoms. The number of piperidine rings is 1. The number of rotatable bonds is 6. The first kappa shape index (κ1) is 20.0. The largest absolute Gasteiger partial charge is 0.462 e. The molecule has 0 saturated carbocycles. The molecule has 0 aliphatic carbocycles. The van der Waals surface area contributed by atoms with Crippen LogP contribution >= 0.6 is 0 Å². The van der Waals surface area contributed by atoms with Crippen molar-refractivity contribution in [3.05, 3.63) is 65.5 Å². The van der Waals surface area contributed by atoms with Gasteiger partial charge in [-0.05, 0) is 68.8 Å². The summed E-state index contributed by atoms with van der Waals surface area (Å²) in [6.45, 7) is 4.46. The fourth-order valence-electron chi connectivity index (χ4n) is 3.38. The summed E-state index contributed by atoms with van der Waals surface area (Å²) >= 11 is 0. The molecule has 0 aromatic heterocycles. The van der Waals surface area contributed by atoms with E-state index in [1.807, 2.05) is 0 Å². The Hall–Kier alpha value is -2.73. The second-order valence-electron chi connectivity index (χ2n) is 6.97. The average molecular weight is 384 g/mol. The van der Waals surface area contributed by atoms with Crippen molar-refractivity contribution in [1.82, 2.24) is 4.90 Å². The Morgan fingerprint density at radius 3 is 2.54 bits per heavy atom. The number of hydrogen-bond donors (Lipinski definition) is 1. The maximum atomic E-state index is 13.0. The van der Waals surface area contributed by atoms with E-state index in [1.165, 1.54) is 12.1 Å². The van der Waals surface area contributed by atoms with E-state index in [2.05, 4.69) is 10.2 Å². The van der Waals surface area contributed by atoms with Crippen LogP contribution in [0, 0.1) is 11.7 Å². The van der Waals surface area contributed by atoms with Crippen molar-refractivity contribution in [3.63, 3.8) is 0 Å². The van der Waals surface area contributed by atoms with E-state index in [-0.39, 0.29) is 17.6 Å². The second-order valence-corrected chi connectivity index (χ2v) is 6.97. The smallest absolute Gasteiger partial charge is 0.338 e. The number of likely N-dealkylation sites (tertiary alicyclic amines) is 1. The third-order valence-corrected chi connectivity index (χ3v) is 4.92. The number of hydrogen-bond acceptors (Lipinski definition) is 4. The summed E-state index contributed by atoms with van der Waals surface area (Å²) in [5, 5.41) is 2.91. The molecule has 1 amide bonds. The molecule has 1 aliphatic rings. The van der Waals surface area contributed by atoms with E-state index in [4.69, 9.17) is 4.74 Å². The van der Waals surface area contributed by atoms with Crippen LogP contribution in [0.3, 0.4) is 0 Å². The van der Waals surface area contributed by atoms with Gasteiger partial charge in [-0.15, -0.1) is 0 Å². The van der Waals surface area contributed by atoms with Gasteiger partial charge in [-0.1, -0.05) is 18.2 Å². The third-order valence-electron chi connectivity index (χ3n) is 4.92. The number of ether oxygens (including phenoxy) is 1. The first-order chi connectivity index (χ1) is 13.5. The zero-order chi connectivity index (χ0) is 19.9. The Bertz CT molecular complexity index is 815. The van der Waals surface area contributed by atoms with Crippen molar-refractivity contribution in [1.29, 1.82) is 0 Å². The highest BCUT2D eigenvalue weighted by molar-refractivity contribution is 5.95. The highest BCUT2D eigenvalue weighted by Crippen LogP contribution is 2.21. The van der Waals surface area contributed by atoms with Crippen LogP contribution in [0.5, 0.6) is 0 Å². The van der Waals surface area contributed by atoms with Crippen molar-refractivity contribution >= 4 is 17.6 Å². The Kier molecular flexibility index (Phi) is 6.76. The van der Waals surface area contributed by atoms with E-state index in [9.17, 15) is 14.0 Å². The maximum Gasteiger partial charge on any atom is 0.338 e. The zero-order valence-electron chi connectivity index (χ0n) is 16.0. The van der Waals surface area contributed by atoms with Gasteiger partial charge in [0.05, 0.1) is 12.2 Å². The van der Waals surface area contributed by atoms with Crippen LogP contribution in [0.4, 0.5) is 10.1 Å². The van der Waals surface area contributed by atoms with Crippen LogP contribution in [0.25, 0.3) is 0 Å². The van der Waals surface area contributed by atoms with E-state index in [0.29, 0.717) is 17.9 Å². The van der Waals surface area contributed by atoms with Crippen LogP contribution in [-0.2, 0) is 16.1 Å². The Morgan fingerprint density at radius 2 is 1.86 bits per heavy atom. The van der Waals surface area contributed by atoms with Gasteiger partial charge >= 0.3 is 5.97 Å². The van der Waals surface area contributed by atoms with Crippen LogP contribution in [-0.4, -0.2) is 36.5 Å². The van der Waals surface area contributed by atoms with Crippen LogP contribution in [0.1, 0.15) is 35.7 Å². The van der Waals surface area contributed by atoms with Gasteiger partial charge in [0, 0.05) is 18.2 Å². The lowest BCUT2D eigenvalue weighted by atomic mass is 9.95. The summed E-state index contributed by atoms with van der Waals surface area (Å²) in [7, 11) is 0. The quantitative estimate of drug-likeness (QED) is 0.769. The fraction of sp³-hybridized carbons (Fsp3) is 0.364. The summed E-state index contributed by atoms with van der Waals surface area (Å²) in [6.07, 6.45) is 1.54. The molecule has 148 valence electrons. The summed E-state index contributed by atoms with van der Waals surface area (Å²) in [5.74, 6) is -0.711. The van der Waals surface area contributed by atoms with E-state index in [0.717, 1.165) is 38.0 Å². The highest BCUT2D eigenvalue weighted by Gasteiger charge is 2.25. The fourth-order valence-corrected chi connectivity index (χ4v) is 3.38. The molecule has 2 aromatic carbocycles. The van der Waals surface area contributed by atoms with Crippen molar-refractivity contribution in [2.24, 2.45) is 5.92 Å². The number of anilines is 1. The van der Waals surface area contributed by atoms with Gasteiger partial charge in [0.15, 0.2) is 0 Å². The lowest BCUT2D eigenvalue weighted by Crippen LogP contribution is -2.37. The first-order valence-electron chi connectivity index (χ1n) is 9.60. The molecular weight excluding hydrogens is 359 g/mol. The van der Waals surface area contributed by atoms with Gasteiger partial charge in [-0.3, -0.25) is 9.69 Å². The summed E-state index contributed by atoms with van der Waals surface area (Å²) in [4.78, 5) is 26.7. The standard InChI is InChI=1S/C22H25FN2O3/c1-2-28-22(27)18-4-3-5-20(14-18)24-21(26)17-10-12-25(13-11-17)15-16-6-8-19(23)9-7-16/h3-9,14,17H,2,10-13,15H2,1H3,(H,24,26). The minimum atomic E-state index is -0.396. The van der Waals surface area contributed by atoms with E-state index in [1.54, 1.807) is 43.3 Å². The maximum absolute atomic E-state index is 13.0. The molecule has 3 rings (SSSR count). The number of nitrogens with one attached hydrogen (secondary N) is 1. The topological polar surface area (TPSA) is 58.6 Å². The first-order valence-corrected chi connectivity index (χ1v) is 9.60. The minimum absolute atomic E-state index is 0.0255. The number of esters is 1. The monoisotopic (exact) mass is 384 g/mol. The molecule has 1 heterocycles. The van der Waals surface area contributed by atoms with Gasteiger partial charge in [0.2, 0.25) is 5.91 Å². The third kappa shape index (κ3) is 5.39. The van der Waals surface area contributed by atoms with Crippen molar-refractivity contribution < 1.29 is 18.7 Å². The van der Waals surface area contributed by atoms with Gasteiger partial charge in [-0.25, -0.2) is 9.18 Å². The number of halogens is 1. The van der Waals surface area contributed by atoms with Crippen molar-refractivity contribution in [2.45, 2.75) is 26.3 Å². The molecule has 0 spiro atoms. The summed E-state index contributed by atoms with van der Waals surface area (Å²) in [6, 6.07) is 13.3. The molecular formula is C22H25FN2O3. The Labute approximate surface area is 164 Å². The van der Waals surface area contributed by atoms with Crippen molar-refractivity contribution in [2.75, 3.05) is 25.0 Å². The molecule has 0 atom stereocenters. The average Bonchev–Trinajstić information content (AvgIpc) is 2.70. The predicted molar refractivity (Wildman–Crippen MR) is 105 cm³/mol. The molecule has 1 fully saturated rings. The predicted octanol–water partition coefficient (Wildman–Crippen LogP) is 3.85. The van der Waals surface area contributed by atoms with Crippen LogP contribution < -0.4 is 5.32 Å². The molecule has 1 saturated heterocycles. The Balaban J connectivity index is 1.50. The van der Waals surface area contributed by atoms with Gasteiger partial charge < -0.3 is 10.1 Å². The SMILES string of the molecule is CCOC(=O)c1cccc(NC(=O)C2CCN(Cc3ccc(F)cc3)CC2)c1. The molecule has 2 aromatic rings. The lowest BCUT2D eigenvalue weighted by molar-refractivity contribution is -0.121. The lowest BCUT2D eigenvalue weighted by Gasteiger charge is -2.31. The van der Waals surface area contributed by atoms with Crippen molar-refractivity contribution in [3.8, 4) is 0 Å². The van der Waals surface area contributed by atoms with Gasteiger partial charge in [-0.2, -0.15) is 0 Å². The number of benzene rings is 2. The molecule has 0 radical (unpaired) electrons. The number of carbonyl (C=O) groups excluding carboxylic acids is 2. The normalized spacial score (nSPS) is 15.2. The molecule has 1 aliphatic heterocycles. The van der Waals surface area contributed by atoms with Gasteiger partial charge in [0.1, 0.15) is 5.82 Å². The Morgan fingerprint density at radius 1 is 1.14 bits per heavy atom. The highest BCUT2D eigenvalue weighted by atomic mass is 19.1. The van der Waals surface area contributed by atoms with E-state index < -0.39 is 5.97 Å². The minimum Gasteiger partial charge on any atom is -0.462 e. The summed E-state index contributed by atoms with van der Waals surface area (Å²) in [5.41, 5.74) is 2.10. The molecule has 28 heavy (non-hydrogen) atoms. The molecule has 5 nitrogen and oxygen atoms in total. The van der Waals surface area contributed by atoms with Gasteiger partial charge in [0.25, 0.3) is 0 Å².